The van der Waals surface area contributed by atoms with E-state index >= 15 is 0 Å². The maximum Gasteiger partial charge on any atom is 0.125 e. The second-order valence-corrected chi connectivity index (χ2v) is 4.16. The number of rotatable bonds is 2. The van der Waals surface area contributed by atoms with Crippen LogP contribution in [0.3, 0.4) is 0 Å². The van der Waals surface area contributed by atoms with Gasteiger partial charge in [0.25, 0.3) is 0 Å². The maximum atomic E-state index is 13.1. The van der Waals surface area contributed by atoms with Crippen LogP contribution in [0.15, 0.2) is 36.4 Å². The highest BCUT2D eigenvalue weighted by atomic mass is 19.1. The molecule has 17 heavy (non-hydrogen) atoms. The molecular weight excluding hydrogens is 215 g/mol. The number of nitrogens with one attached hydrogen (secondary N) is 1. The first kappa shape index (κ1) is 11.5. The number of nitrogen functional groups attached to an aromatic ring is 1. The van der Waals surface area contributed by atoms with Crippen molar-refractivity contribution >= 4 is 17.1 Å². The van der Waals surface area contributed by atoms with E-state index in [4.69, 9.17) is 5.73 Å². The molecule has 88 valence electrons. The fraction of sp³-hybridized carbons (Fsp3) is 0.143. The molecular formula is C14H15FN2. The predicted octanol–water partition coefficient (Wildman–Crippen LogP) is 3.77. The number of anilines is 3. The van der Waals surface area contributed by atoms with Gasteiger partial charge >= 0.3 is 0 Å². The van der Waals surface area contributed by atoms with Crippen molar-refractivity contribution in [3.8, 4) is 0 Å². The Morgan fingerprint density at radius 1 is 1.00 bits per heavy atom. The van der Waals surface area contributed by atoms with E-state index in [9.17, 15) is 4.39 Å². The van der Waals surface area contributed by atoms with Crippen LogP contribution in [0.4, 0.5) is 21.5 Å². The molecule has 2 nitrogen and oxygen atoms in total. The lowest BCUT2D eigenvalue weighted by Gasteiger charge is -2.11. The summed E-state index contributed by atoms with van der Waals surface area (Å²) in [5.41, 5.74) is 10.2. The molecule has 0 bridgehead atoms. The Balaban J connectivity index is 2.31. The molecule has 0 aliphatic heterocycles. The second-order valence-electron chi connectivity index (χ2n) is 4.16. The van der Waals surface area contributed by atoms with Crippen LogP contribution in [0, 0.1) is 19.7 Å². The van der Waals surface area contributed by atoms with Crippen molar-refractivity contribution in [2.45, 2.75) is 13.8 Å². The third-order valence-corrected chi connectivity index (χ3v) is 2.80. The molecule has 3 N–H and O–H groups in total. The second kappa shape index (κ2) is 4.45. The van der Waals surface area contributed by atoms with Crippen molar-refractivity contribution in [2.24, 2.45) is 0 Å². The molecule has 0 heterocycles. The molecule has 3 heteroatoms. The van der Waals surface area contributed by atoms with Gasteiger partial charge in [0, 0.05) is 5.69 Å². The van der Waals surface area contributed by atoms with Crippen molar-refractivity contribution in [3.05, 3.63) is 53.3 Å². The SMILES string of the molecule is Cc1ccc(Nc2cc(F)ccc2N)cc1C. The highest BCUT2D eigenvalue weighted by Gasteiger charge is 2.02. The average Bonchev–Trinajstić information content (AvgIpc) is 2.29. The summed E-state index contributed by atoms with van der Waals surface area (Å²) in [7, 11) is 0. The smallest absolute Gasteiger partial charge is 0.125 e. The van der Waals surface area contributed by atoms with Crippen molar-refractivity contribution in [2.75, 3.05) is 11.1 Å². The van der Waals surface area contributed by atoms with Crippen LogP contribution in [0.25, 0.3) is 0 Å². The maximum absolute atomic E-state index is 13.1. The van der Waals surface area contributed by atoms with Gasteiger partial charge in [0.1, 0.15) is 5.82 Å². The van der Waals surface area contributed by atoms with E-state index in [1.165, 1.54) is 23.3 Å². The molecule has 0 aliphatic rings. The Bertz CT molecular complexity index is 550. The number of nitrogens with two attached hydrogens (primary N) is 1. The third-order valence-electron chi connectivity index (χ3n) is 2.80. The van der Waals surface area contributed by atoms with Crippen LogP contribution in [0.2, 0.25) is 0 Å². The molecule has 0 saturated carbocycles. The highest BCUT2D eigenvalue weighted by Crippen LogP contribution is 2.25. The van der Waals surface area contributed by atoms with Gasteiger partial charge in [-0.2, -0.15) is 0 Å². The van der Waals surface area contributed by atoms with E-state index in [2.05, 4.69) is 12.2 Å². The molecule has 0 spiro atoms. The standard InChI is InChI=1S/C14H15FN2/c1-9-3-5-12(7-10(9)2)17-14-8-11(15)4-6-13(14)16/h3-8,17H,16H2,1-2H3. The lowest BCUT2D eigenvalue weighted by Crippen LogP contribution is -1.97. The van der Waals surface area contributed by atoms with E-state index in [0.29, 0.717) is 11.4 Å². The van der Waals surface area contributed by atoms with Gasteiger partial charge in [0.05, 0.1) is 11.4 Å². The van der Waals surface area contributed by atoms with Crippen molar-refractivity contribution in [1.29, 1.82) is 0 Å². The molecule has 0 fully saturated rings. The topological polar surface area (TPSA) is 38.0 Å². The minimum Gasteiger partial charge on any atom is -0.397 e. The van der Waals surface area contributed by atoms with Gasteiger partial charge in [-0.3, -0.25) is 0 Å². The van der Waals surface area contributed by atoms with Crippen LogP contribution in [-0.4, -0.2) is 0 Å². The van der Waals surface area contributed by atoms with Crippen molar-refractivity contribution in [1.82, 2.24) is 0 Å². The monoisotopic (exact) mass is 230 g/mol. The lowest BCUT2D eigenvalue weighted by molar-refractivity contribution is 0.628. The lowest BCUT2D eigenvalue weighted by atomic mass is 10.1. The molecule has 0 aliphatic carbocycles. The van der Waals surface area contributed by atoms with E-state index < -0.39 is 0 Å². The van der Waals surface area contributed by atoms with Gasteiger partial charge in [-0.1, -0.05) is 6.07 Å². The Hall–Kier alpha value is -2.03. The van der Waals surface area contributed by atoms with Gasteiger partial charge in [0.2, 0.25) is 0 Å². The molecule has 2 aromatic carbocycles. The summed E-state index contributed by atoms with van der Waals surface area (Å²) in [6, 6.07) is 10.3. The Labute approximate surface area is 100 Å². The number of hydrogen-bond donors (Lipinski definition) is 2. The van der Waals surface area contributed by atoms with Gasteiger partial charge in [-0.05, 0) is 55.3 Å². The van der Waals surface area contributed by atoms with Gasteiger partial charge in [-0.25, -0.2) is 4.39 Å². The zero-order valence-electron chi connectivity index (χ0n) is 9.92. The van der Waals surface area contributed by atoms with Gasteiger partial charge in [0.15, 0.2) is 0 Å². The van der Waals surface area contributed by atoms with E-state index in [0.717, 1.165) is 5.69 Å². The van der Waals surface area contributed by atoms with E-state index in [1.807, 2.05) is 25.1 Å². The minimum atomic E-state index is -0.300. The molecule has 0 amide bonds. The summed E-state index contributed by atoms with van der Waals surface area (Å²) >= 11 is 0. The quantitative estimate of drug-likeness (QED) is 0.771. The molecule has 0 aromatic heterocycles. The van der Waals surface area contributed by atoms with Crippen LogP contribution in [-0.2, 0) is 0 Å². The first-order valence-corrected chi connectivity index (χ1v) is 5.45. The Morgan fingerprint density at radius 3 is 2.47 bits per heavy atom. The number of hydrogen-bond acceptors (Lipinski definition) is 2. The molecule has 0 unspecified atom stereocenters. The number of aryl methyl sites for hydroxylation is 2. The fourth-order valence-corrected chi connectivity index (χ4v) is 1.61. The summed E-state index contributed by atoms with van der Waals surface area (Å²) < 4.78 is 13.1. The number of benzene rings is 2. The Kier molecular flexibility index (Phi) is 3.00. The molecule has 0 radical (unpaired) electrons. The third kappa shape index (κ3) is 2.56. The van der Waals surface area contributed by atoms with Crippen LogP contribution >= 0.6 is 0 Å². The molecule has 0 atom stereocenters. The summed E-state index contributed by atoms with van der Waals surface area (Å²) in [5.74, 6) is -0.300. The van der Waals surface area contributed by atoms with Crippen LogP contribution < -0.4 is 11.1 Å². The van der Waals surface area contributed by atoms with Crippen molar-refractivity contribution < 1.29 is 4.39 Å². The van der Waals surface area contributed by atoms with Gasteiger partial charge in [-0.15, -0.1) is 0 Å². The zero-order valence-corrected chi connectivity index (χ0v) is 9.92. The van der Waals surface area contributed by atoms with E-state index in [-0.39, 0.29) is 5.82 Å². The Morgan fingerprint density at radius 2 is 1.76 bits per heavy atom. The summed E-state index contributed by atoms with van der Waals surface area (Å²) in [5, 5.41) is 3.12. The van der Waals surface area contributed by atoms with Crippen molar-refractivity contribution in [3.63, 3.8) is 0 Å². The predicted molar refractivity (Wildman–Crippen MR) is 70.0 cm³/mol. The van der Waals surface area contributed by atoms with Crippen LogP contribution in [0.1, 0.15) is 11.1 Å². The van der Waals surface area contributed by atoms with E-state index in [1.54, 1.807) is 6.07 Å². The zero-order chi connectivity index (χ0) is 12.4. The normalized spacial score (nSPS) is 10.3. The highest BCUT2D eigenvalue weighted by molar-refractivity contribution is 5.72. The fourth-order valence-electron chi connectivity index (χ4n) is 1.61. The summed E-state index contributed by atoms with van der Waals surface area (Å²) in [6.45, 7) is 4.09. The largest absolute Gasteiger partial charge is 0.397 e. The van der Waals surface area contributed by atoms with Gasteiger partial charge < -0.3 is 11.1 Å². The molecule has 2 rings (SSSR count). The molecule has 0 saturated heterocycles. The summed E-state index contributed by atoms with van der Waals surface area (Å²) in [6.07, 6.45) is 0. The average molecular weight is 230 g/mol. The number of halogens is 1. The van der Waals surface area contributed by atoms with Crippen LogP contribution in [0.5, 0.6) is 0 Å². The first-order valence-electron chi connectivity index (χ1n) is 5.45. The molecule has 2 aromatic rings. The first-order chi connectivity index (χ1) is 8.06. The summed E-state index contributed by atoms with van der Waals surface area (Å²) in [4.78, 5) is 0. The minimum absolute atomic E-state index is 0.300.